The number of ether oxygens (including phenoxy) is 14. The molecule has 0 aromatic heterocycles. The zero-order valence-corrected chi connectivity index (χ0v) is 71.1. The monoisotopic (exact) mass is 1860 g/mol. The number of fused-ring (bicyclic) bond motifs is 1. The maximum atomic E-state index is 13.5. The van der Waals surface area contributed by atoms with Crippen molar-refractivity contribution in [1.82, 2.24) is 42.5 Å². The van der Waals surface area contributed by atoms with Gasteiger partial charge in [0.1, 0.15) is 158 Å². The number of nitrogens with one attached hydrogen (secondary N) is 8. The number of rotatable bonds is 43. The molecular formula is C81H118N8O39S. The Balaban J connectivity index is 0.694. The number of hydrogen-bond donors (Lipinski definition) is 26. The number of thioether (sulfide) groups is 1. The van der Waals surface area contributed by atoms with Gasteiger partial charge in [-0.3, -0.25) is 28.8 Å². The van der Waals surface area contributed by atoms with Crippen LogP contribution in [0.4, 0.5) is 4.79 Å². The minimum absolute atomic E-state index is 0.0613. The van der Waals surface area contributed by atoms with Crippen LogP contribution in [0.1, 0.15) is 62.7 Å². The first kappa shape index (κ1) is 102. The molecule has 0 aliphatic carbocycles. The number of amides is 8. The Morgan fingerprint density at radius 3 is 1.29 bits per heavy atom. The van der Waals surface area contributed by atoms with E-state index < -0.39 is 267 Å². The lowest BCUT2D eigenvalue weighted by atomic mass is 9.95. The number of aliphatic hydroxyl groups is 18. The molecule has 3 aromatic carbocycles. The summed E-state index contributed by atoms with van der Waals surface area (Å²) in [5.74, 6) is -2.20. The zero-order chi connectivity index (χ0) is 93.0. The Hall–Kier alpha value is -7.50. The number of urea groups is 1. The standard InChI is InChI=1S/C81H118N8O39S/c1-35(96)86-56-62(105)70(125-79-68(111)72(60(103)47(28-92)121-79)127-77-66(109)64(107)58(101)45(26-90)119-77)49(30-94)123-75(56)115-19-7-15-82-53(99)32-117-42-23-41(39-11-5-9-37(21-39)38-10-6-12-40(22-38)74(113)85-18-17-84-52(98)14-4-3-13-51-55-44(34-129-51)88-81(114)89-55)24-43(25-42)118-33-54(100)83-16-8-20-116-76-57(87-36(2)97)63(106)71(50(31-95)124-76)126-80-69(112)73(61(104)48(29-93)122-80)128-78-67(110)65(108)59(102)46(27-91)120-78/h5-6,9-12,21-25,44-51,55-73,75-80,90-95,101-112H,3-4,7-8,13-20,26-34H2,1-2H3,(H,82,99)(H,83,100)(H,84,98)(H,85,113)(H,86,96)(H,87,97)(H2,88,89,114)/t44-,45+,46+,47+,48+,49+,50+,51-,55-,56+,57+,58-,59-,60-,61-,62+,63+,64-,65-,66+,67+,68+,69+,70+,71+,72-,73-,75+,76+,77+,78+,79-,80-/m0/s1. The summed E-state index contributed by atoms with van der Waals surface area (Å²) in [4.78, 5) is 90.3. The minimum Gasteiger partial charge on any atom is -0.484 e. The lowest BCUT2D eigenvalue weighted by Crippen LogP contribution is -2.68. The van der Waals surface area contributed by atoms with Gasteiger partial charge in [0.15, 0.2) is 51.0 Å². The fourth-order valence-corrected chi connectivity index (χ4v) is 17.6. The van der Waals surface area contributed by atoms with Crippen LogP contribution in [-0.4, -0.2) is 433 Å². The van der Waals surface area contributed by atoms with Gasteiger partial charge < -0.3 is 201 Å². The van der Waals surface area contributed by atoms with Crippen molar-refractivity contribution in [2.75, 3.05) is 98.0 Å². The Labute approximate surface area is 742 Å². The van der Waals surface area contributed by atoms with Crippen LogP contribution < -0.4 is 52.0 Å². The second-order valence-electron chi connectivity index (χ2n) is 32.1. The van der Waals surface area contributed by atoms with Gasteiger partial charge >= 0.3 is 6.03 Å². The molecule has 33 atom stereocenters. The predicted octanol–water partition coefficient (Wildman–Crippen LogP) is -10.4. The molecule has 47 nitrogen and oxygen atoms in total. The second-order valence-corrected chi connectivity index (χ2v) is 33.4. The molecule has 8 aliphatic rings. The fraction of sp³-hybridized carbons (Fsp3) is 0.691. The first-order chi connectivity index (χ1) is 61.8. The number of aliphatic hydroxyl groups excluding tert-OH is 18. The van der Waals surface area contributed by atoms with Gasteiger partial charge in [0.2, 0.25) is 17.7 Å². The Kier molecular flexibility index (Phi) is 38.3. The maximum absolute atomic E-state index is 13.5. The molecule has 8 heterocycles. The zero-order valence-electron chi connectivity index (χ0n) is 70.3. The SMILES string of the molecule is CC(=O)N[C@H]1[C@H](OCCCNC(=O)COc2cc(OCC(=O)NCCCO[C@@H]3O[C@H](CO)[C@@H](O[C@@H]4O[C@H](CO)[C@H](O)[C@H](O[C@H]5O[C@H](CO)[C@H](O)[C@H](O)[C@H]5O)[C@H]4O)[C@H](O)[C@H]3NC(C)=O)cc(-c3cccc(-c4cccc(C(=O)NCCNC(=O)CCCC[C@@H]5SC[C@@H]6NC(=O)N[C@@H]65)c4)c3)c2)O[C@H](CO)[C@@H](O[C@@H]2O[C@H](CO)[C@H](O)[C@H](O[C@H]3O[C@H](CO)[C@H](O)[C@H](O)[C@H]3O)[C@H]2O)[C@@H]1O. The maximum Gasteiger partial charge on any atom is 0.315 e. The van der Waals surface area contributed by atoms with Crippen LogP contribution in [-0.2, 0) is 80.8 Å². The highest BCUT2D eigenvalue weighted by Crippen LogP contribution is 2.39. The van der Waals surface area contributed by atoms with Crippen LogP contribution in [0.5, 0.6) is 11.5 Å². The lowest BCUT2D eigenvalue weighted by molar-refractivity contribution is -0.376. The summed E-state index contributed by atoms with van der Waals surface area (Å²) in [6, 6.07) is 15.8. The normalized spacial score (nSPS) is 35.6. The van der Waals surface area contributed by atoms with Gasteiger partial charge in [0.25, 0.3) is 17.7 Å². The Morgan fingerprint density at radius 1 is 0.411 bits per heavy atom. The Bertz CT molecular complexity index is 3960. The number of unbranched alkanes of at least 4 members (excludes halogenated alkanes) is 1. The quantitative estimate of drug-likeness (QED) is 0.0185. The van der Waals surface area contributed by atoms with E-state index in [4.69, 9.17) is 66.3 Å². The summed E-state index contributed by atoms with van der Waals surface area (Å²) < 4.78 is 81.2. The molecule has 3 aromatic rings. The Morgan fingerprint density at radius 2 is 0.822 bits per heavy atom. The third-order valence-electron chi connectivity index (χ3n) is 22.9. The van der Waals surface area contributed by atoms with Crippen molar-refractivity contribution < 1.29 is 192 Å². The smallest absolute Gasteiger partial charge is 0.315 e. The van der Waals surface area contributed by atoms with Crippen LogP contribution in [0.25, 0.3) is 22.3 Å². The molecule has 0 bridgehead atoms. The highest BCUT2D eigenvalue weighted by Gasteiger charge is 2.57. The van der Waals surface area contributed by atoms with Crippen molar-refractivity contribution in [2.24, 2.45) is 0 Å². The summed E-state index contributed by atoms with van der Waals surface area (Å²) in [7, 11) is 0. The average Bonchev–Trinajstić information content (AvgIpc) is 1.44. The average molecular weight is 1860 g/mol. The number of benzene rings is 3. The molecule has 26 N–H and O–H groups in total. The number of hydrogen-bond acceptors (Lipinski definition) is 40. The van der Waals surface area contributed by atoms with E-state index >= 15 is 0 Å². The number of carbonyl (C=O) groups is 7. The van der Waals surface area contributed by atoms with E-state index in [1.165, 1.54) is 6.07 Å². The van der Waals surface area contributed by atoms with Gasteiger partial charge in [-0.25, -0.2) is 4.79 Å². The van der Waals surface area contributed by atoms with E-state index in [2.05, 4.69) is 42.5 Å². The van der Waals surface area contributed by atoms with Crippen LogP contribution in [0.15, 0.2) is 66.7 Å². The highest BCUT2D eigenvalue weighted by atomic mass is 32.2. The van der Waals surface area contributed by atoms with E-state index in [1.807, 2.05) is 23.9 Å². The van der Waals surface area contributed by atoms with Gasteiger partial charge in [0, 0.05) is 69.1 Å². The van der Waals surface area contributed by atoms with Crippen molar-refractivity contribution in [1.29, 1.82) is 0 Å². The fourth-order valence-electron chi connectivity index (χ4n) is 16.0. The van der Waals surface area contributed by atoms with Gasteiger partial charge in [0.05, 0.1) is 64.9 Å². The molecule has 11 rings (SSSR count). The molecule has 0 unspecified atom stereocenters. The van der Waals surface area contributed by atoms with Gasteiger partial charge in [-0.2, -0.15) is 11.8 Å². The van der Waals surface area contributed by atoms with Crippen LogP contribution in [0, 0.1) is 0 Å². The first-order valence-electron chi connectivity index (χ1n) is 42.4. The molecule has 8 saturated heterocycles. The molecule has 8 aliphatic heterocycles. The van der Waals surface area contributed by atoms with E-state index in [-0.39, 0.29) is 93.0 Å². The van der Waals surface area contributed by atoms with E-state index in [9.17, 15) is 125 Å². The third-order valence-corrected chi connectivity index (χ3v) is 24.4. The molecule has 722 valence electrons. The third kappa shape index (κ3) is 26.3. The van der Waals surface area contributed by atoms with Crippen molar-refractivity contribution >= 4 is 53.2 Å². The molecule has 129 heavy (non-hydrogen) atoms. The van der Waals surface area contributed by atoms with Crippen LogP contribution >= 0.6 is 11.8 Å². The first-order valence-corrected chi connectivity index (χ1v) is 43.4. The van der Waals surface area contributed by atoms with Crippen molar-refractivity contribution in [3.05, 3.63) is 72.3 Å². The molecule has 0 saturated carbocycles. The topological polar surface area (TPSA) is 709 Å². The van der Waals surface area contributed by atoms with Gasteiger partial charge in [-0.1, -0.05) is 36.8 Å². The summed E-state index contributed by atoms with van der Waals surface area (Å²) in [6.45, 7) is -4.46. The van der Waals surface area contributed by atoms with Gasteiger partial charge in [-0.15, -0.1) is 0 Å². The second kappa shape index (κ2) is 48.4. The number of carbonyl (C=O) groups excluding carboxylic acids is 7. The molecule has 8 amide bonds. The largest absolute Gasteiger partial charge is 0.484 e. The van der Waals surface area contributed by atoms with E-state index in [0.717, 1.165) is 32.4 Å². The van der Waals surface area contributed by atoms with E-state index in [0.29, 0.717) is 40.7 Å². The summed E-state index contributed by atoms with van der Waals surface area (Å²) >= 11 is 1.81. The van der Waals surface area contributed by atoms with E-state index in [1.54, 1.807) is 48.5 Å². The molecular weight excluding hydrogens is 1740 g/mol. The summed E-state index contributed by atoms with van der Waals surface area (Å²) in [5.41, 5.74) is 2.68. The molecule has 48 heteroatoms. The highest BCUT2D eigenvalue weighted by molar-refractivity contribution is 8.00. The summed E-state index contributed by atoms with van der Waals surface area (Å²) in [6.07, 6.45) is -46.9. The predicted molar refractivity (Wildman–Crippen MR) is 436 cm³/mol. The van der Waals surface area contributed by atoms with Crippen LogP contribution in [0.3, 0.4) is 0 Å². The molecule has 0 radical (unpaired) electrons. The molecule has 0 spiro atoms. The van der Waals surface area contributed by atoms with Crippen molar-refractivity contribution in [3.63, 3.8) is 0 Å². The van der Waals surface area contributed by atoms with Crippen molar-refractivity contribution in [3.8, 4) is 33.8 Å². The summed E-state index contributed by atoms with van der Waals surface area (Å²) in [5, 5.41) is 214. The van der Waals surface area contributed by atoms with Gasteiger partial charge in [-0.05, 0) is 78.3 Å². The molecule has 8 fully saturated rings. The minimum atomic E-state index is -2.06. The van der Waals surface area contributed by atoms with Crippen LogP contribution in [0.2, 0.25) is 0 Å². The lowest BCUT2D eigenvalue weighted by Gasteiger charge is -2.48. The van der Waals surface area contributed by atoms with Crippen molar-refractivity contribution in [2.45, 2.75) is 254 Å².